The van der Waals surface area contributed by atoms with Gasteiger partial charge in [0.2, 0.25) is 0 Å². The molecule has 1 aliphatic rings. The number of pyridine rings is 1. The molecule has 1 fully saturated rings. The van der Waals surface area contributed by atoms with Gasteiger partial charge in [0, 0.05) is 11.2 Å². The molecule has 0 unspecified atom stereocenters. The van der Waals surface area contributed by atoms with E-state index in [2.05, 4.69) is 20.9 Å². The molecule has 2 aromatic heterocycles. The van der Waals surface area contributed by atoms with Crippen molar-refractivity contribution in [1.29, 1.82) is 0 Å². The van der Waals surface area contributed by atoms with Crippen molar-refractivity contribution in [2.24, 2.45) is 5.92 Å². The molecule has 3 aromatic rings. The van der Waals surface area contributed by atoms with Crippen LogP contribution in [0.25, 0.3) is 5.82 Å². The van der Waals surface area contributed by atoms with Crippen LogP contribution in [0.2, 0.25) is 10.0 Å². The predicted octanol–water partition coefficient (Wildman–Crippen LogP) is 4.33. The molecule has 0 aliphatic carbocycles. The summed E-state index contributed by atoms with van der Waals surface area (Å²) >= 11 is 14.4. The summed E-state index contributed by atoms with van der Waals surface area (Å²) in [6, 6.07) is 8.26. The molecule has 3 heterocycles. The lowest BCUT2D eigenvalue weighted by molar-refractivity contribution is 0.0538. The molecule has 172 valence electrons. The highest BCUT2D eigenvalue weighted by molar-refractivity contribution is 8.00. The van der Waals surface area contributed by atoms with Crippen LogP contribution >= 0.6 is 35.0 Å². The molecule has 1 aromatic carbocycles. The Kier molecular flexibility index (Phi) is 7.23. The number of carbonyl (C=O) groups is 2. The fourth-order valence-corrected chi connectivity index (χ4v) is 4.78. The lowest BCUT2D eigenvalue weighted by atomic mass is 10.1. The molecule has 0 saturated carbocycles. The zero-order valence-corrected chi connectivity index (χ0v) is 20.2. The summed E-state index contributed by atoms with van der Waals surface area (Å²) in [4.78, 5) is 35.0. The van der Waals surface area contributed by atoms with Crippen molar-refractivity contribution >= 4 is 52.5 Å². The number of carbonyl (C=O) groups excluding carboxylic acids is 2. The number of nitrogens with one attached hydrogen (secondary N) is 2. The van der Waals surface area contributed by atoms with Crippen molar-refractivity contribution < 1.29 is 14.4 Å². The molecule has 0 spiro atoms. The first-order valence-electron chi connectivity index (χ1n) is 10.1. The minimum Gasteiger partial charge on any atom is -0.320 e. The van der Waals surface area contributed by atoms with Crippen LogP contribution in [0.1, 0.15) is 32.1 Å². The zero-order chi connectivity index (χ0) is 23.5. The van der Waals surface area contributed by atoms with Crippen LogP contribution in [-0.4, -0.2) is 45.2 Å². The minimum absolute atomic E-state index is 0.170. The first-order valence-corrected chi connectivity index (χ1v) is 12.0. The Balaban J connectivity index is 1.73. The number of thioether (sulfide) groups is 1. The number of amides is 2. The van der Waals surface area contributed by atoms with Crippen molar-refractivity contribution in [3.8, 4) is 5.82 Å². The Morgan fingerprint density at radius 1 is 1.24 bits per heavy atom. The van der Waals surface area contributed by atoms with Crippen molar-refractivity contribution in [1.82, 2.24) is 20.2 Å². The Morgan fingerprint density at radius 3 is 2.70 bits per heavy atom. The van der Waals surface area contributed by atoms with E-state index < -0.39 is 11.8 Å². The predicted molar refractivity (Wildman–Crippen MR) is 130 cm³/mol. The van der Waals surface area contributed by atoms with E-state index in [1.165, 1.54) is 17.9 Å². The van der Waals surface area contributed by atoms with Gasteiger partial charge in [-0.15, -0.1) is 0 Å². The number of halogens is 2. The van der Waals surface area contributed by atoms with Crippen LogP contribution in [-0.2, 0) is 11.3 Å². The van der Waals surface area contributed by atoms with Crippen LogP contribution in [0.3, 0.4) is 0 Å². The van der Waals surface area contributed by atoms with Crippen molar-refractivity contribution in [2.45, 2.75) is 13.3 Å². The van der Waals surface area contributed by atoms with Gasteiger partial charge in [-0.2, -0.15) is 16.9 Å². The third-order valence-electron chi connectivity index (χ3n) is 5.12. The summed E-state index contributed by atoms with van der Waals surface area (Å²) in [7, 11) is 1.32. The second kappa shape index (κ2) is 10.1. The normalized spacial score (nSPS) is 13.5. The first-order chi connectivity index (χ1) is 15.9. The molecule has 0 radical (unpaired) electrons. The average Bonchev–Trinajstić information content (AvgIpc) is 3.17. The highest BCUT2D eigenvalue weighted by Gasteiger charge is 2.25. The van der Waals surface area contributed by atoms with Gasteiger partial charge in [-0.05, 0) is 66.7 Å². The number of anilines is 1. The minimum atomic E-state index is -0.539. The van der Waals surface area contributed by atoms with Gasteiger partial charge in [0.25, 0.3) is 11.8 Å². The number of benzene rings is 1. The summed E-state index contributed by atoms with van der Waals surface area (Å²) in [6.45, 7) is 1.75. The fourth-order valence-electron chi connectivity index (χ4n) is 3.50. The molecule has 0 atom stereocenters. The maximum absolute atomic E-state index is 13.4. The lowest BCUT2D eigenvalue weighted by Gasteiger charge is -2.23. The topological polar surface area (TPSA) is 98.1 Å². The van der Waals surface area contributed by atoms with Crippen LogP contribution < -0.4 is 10.8 Å². The number of hydrogen-bond acceptors (Lipinski definition) is 6. The van der Waals surface area contributed by atoms with Gasteiger partial charge in [0.05, 0.1) is 29.1 Å². The summed E-state index contributed by atoms with van der Waals surface area (Å²) < 4.78 is 1.44. The van der Waals surface area contributed by atoms with E-state index in [-0.39, 0.29) is 11.3 Å². The maximum Gasteiger partial charge on any atom is 0.277 e. The number of hydrogen-bond donors (Lipinski definition) is 2. The van der Waals surface area contributed by atoms with Gasteiger partial charge in [0.15, 0.2) is 5.82 Å². The van der Waals surface area contributed by atoms with Gasteiger partial charge in [-0.1, -0.05) is 23.2 Å². The summed E-state index contributed by atoms with van der Waals surface area (Å²) in [6.07, 6.45) is 2.34. The van der Waals surface area contributed by atoms with E-state index in [4.69, 9.17) is 28.0 Å². The molecular weight excluding hydrogens is 485 g/mol. The molecular formula is C22H21Cl2N5O3S. The van der Waals surface area contributed by atoms with Crippen molar-refractivity contribution in [3.63, 3.8) is 0 Å². The van der Waals surface area contributed by atoms with Crippen molar-refractivity contribution in [3.05, 3.63) is 69.1 Å². The second-order valence-electron chi connectivity index (χ2n) is 7.58. The number of aromatic nitrogens is 3. The Morgan fingerprint density at radius 2 is 2.03 bits per heavy atom. The Labute approximate surface area is 205 Å². The van der Waals surface area contributed by atoms with E-state index >= 15 is 0 Å². The zero-order valence-electron chi connectivity index (χ0n) is 17.9. The number of hydroxylamine groups is 1. The third-order valence-corrected chi connectivity index (χ3v) is 7.04. The largest absolute Gasteiger partial charge is 0.320 e. The molecule has 0 bridgehead atoms. The van der Waals surface area contributed by atoms with E-state index in [0.29, 0.717) is 33.0 Å². The Hall–Kier alpha value is -2.59. The van der Waals surface area contributed by atoms with Gasteiger partial charge in [-0.3, -0.25) is 14.4 Å². The molecule has 2 amide bonds. The standard InChI is InChI=1S/C22H21Cl2N5O3S/c1-12-6-14(23)8-16(21(30)28-32-2)19(12)26-22(31)18-9-15(7-13-10-33-11-13)27-29(18)20-17(24)4-3-5-25-20/h3-6,8-9,13H,7,10-11H2,1-2H3,(H,26,31)(H,28,30). The van der Waals surface area contributed by atoms with E-state index in [0.717, 1.165) is 23.6 Å². The maximum atomic E-state index is 13.4. The number of rotatable bonds is 7. The van der Waals surface area contributed by atoms with Crippen LogP contribution in [0, 0.1) is 12.8 Å². The smallest absolute Gasteiger partial charge is 0.277 e. The quantitative estimate of drug-likeness (QED) is 0.463. The molecule has 8 nitrogen and oxygen atoms in total. The second-order valence-corrected chi connectivity index (χ2v) is 9.50. The monoisotopic (exact) mass is 505 g/mol. The molecule has 11 heteroatoms. The highest BCUT2D eigenvalue weighted by atomic mass is 35.5. The summed E-state index contributed by atoms with van der Waals surface area (Å²) in [5, 5.41) is 8.19. The number of nitrogens with zero attached hydrogens (tertiary/aromatic N) is 3. The van der Waals surface area contributed by atoms with E-state index in [9.17, 15) is 9.59 Å². The molecule has 4 rings (SSSR count). The average molecular weight is 506 g/mol. The SMILES string of the molecule is CONC(=O)c1cc(Cl)cc(C)c1NC(=O)c1cc(CC2CSC2)nn1-c1ncccc1Cl. The van der Waals surface area contributed by atoms with Gasteiger partial charge >= 0.3 is 0 Å². The van der Waals surface area contributed by atoms with Gasteiger partial charge < -0.3 is 5.32 Å². The van der Waals surface area contributed by atoms with E-state index in [1.807, 2.05) is 11.8 Å². The lowest BCUT2D eigenvalue weighted by Crippen LogP contribution is -2.25. The van der Waals surface area contributed by atoms with Crippen LogP contribution in [0.5, 0.6) is 0 Å². The highest BCUT2D eigenvalue weighted by Crippen LogP contribution is 2.30. The molecule has 1 aliphatic heterocycles. The first kappa shape index (κ1) is 23.6. The van der Waals surface area contributed by atoms with Gasteiger partial charge in [-0.25, -0.2) is 15.1 Å². The Bertz CT molecular complexity index is 1210. The van der Waals surface area contributed by atoms with E-state index in [1.54, 1.807) is 37.4 Å². The number of aryl methyl sites for hydroxylation is 1. The fraction of sp³-hybridized carbons (Fsp3) is 0.273. The van der Waals surface area contributed by atoms with Crippen LogP contribution in [0.4, 0.5) is 5.69 Å². The van der Waals surface area contributed by atoms with Crippen molar-refractivity contribution in [2.75, 3.05) is 23.9 Å². The molecule has 1 saturated heterocycles. The molecule has 33 heavy (non-hydrogen) atoms. The molecule has 2 N–H and O–H groups in total. The van der Waals surface area contributed by atoms with Gasteiger partial charge in [0.1, 0.15) is 5.69 Å². The summed E-state index contributed by atoms with van der Waals surface area (Å²) in [5.41, 5.74) is 4.39. The summed E-state index contributed by atoms with van der Waals surface area (Å²) in [5.74, 6) is 2.01. The van der Waals surface area contributed by atoms with Crippen LogP contribution in [0.15, 0.2) is 36.5 Å². The third kappa shape index (κ3) is 5.16.